The van der Waals surface area contributed by atoms with Crippen molar-refractivity contribution in [1.82, 2.24) is 20.4 Å². The van der Waals surface area contributed by atoms with Crippen LogP contribution in [0.4, 0.5) is 0 Å². The van der Waals surface area contributed by atoms with E-state index in [0.29, 0.717) is 12.1 Å². The van der Waals surface area contributed by atoms with Gasteiger partial charge in [0.25, 0.3) is 0 Å². The smallest absolute Gasteiger partial charge is 0.191 e. The van der Waals surface area contributed by atoms with Crippen LogP contribution in [0.25, 0.3) is 0 Å². The third-order valence-corrected chi connectivity index (χ3v) is 5.44. The summed E-state index contributed by atoms with van der Waals surface area (Å²) in [6.07, 6.45) is 7.79. The van der Waals surface area contributed by atoms with E-state index in [1.807, 2.05) is 0 Å². The second kappa shape index (κ2) is 12.4. The van der Waals surface area contributed by atoms with Gasteiger partial charge in [0, 0.05) is 51.4 Å². The summed E-state index contributed by atoms with van der Waals surface area (Å²) in [5, 5.41) is 6.93. The molecule has 0 spiro atoms. The van der Waals surface area contributed by atoms with Crippen molar-refractivity contribution in [2.24, 2.45) is 4.99 Å². The van der Waals surface area contributed by atoms with Gasteiger partial charge < -0.3 is 15.5 Å². The number of rotatable bonds is 7. The molecule has 1 saturated heterocycles. The molecule has 1 aromatic rings. The maximum absolute atomic E-state index is 4.80. The van der Waals surface area contributed by atoms with E-state index in [1.165, 1.54) is 5.56 Å². The van der Waals surface area contributed by atoms with Crippen molar-refractivity contribution in [3.8, 4) is 0 Å². The first-order chi connectivity index (χ1) is 13.3. The molecule has 0 radical (unpaired) electrons. The molecule has 5 nitrogen and oxygen atoms in total. The summed E-state index contributed by atoms with van der Waals surface area (Å²) >= 11 is 0. The van der Waals surface area contributed by atoms with Crippen LogP contribution in [-0.2, 0) is 0 Å². The van der Waals surface area contributed by atoms with Crippen molar-refractivity contribution in [1.29, 1.82) is 0 Å². The summed E-state index contributed by atoms with van der Waals surface area (Å²) in [4.78, 5) is 9.87. The van der Waals surface area contributed by atoms with Gasteiger partial charge >= 0.3 is 0 Å². The first-order valence-electron chi connectivity index (χ1n) is 10.4. The van der Waals surface area contributed by atoms with Crippen LogP contribution in [0, 0.1) is 0 Å². The molecule has 0 aromatic heterocycles. The molecule has 1 aliphatic carbocycles. The predicted molar refractivity (Wildman–Crippen MR) is 130 cm³/mol. The third kappa shape index (κ3) is 7.04. The first kappa shape index (κ1) is 23.2. The van der Waals surface area contributed by atoms with Gasteiger partial charge in [0.15, 0.2) is 5.96 Å². The molecule has 28 heavy (non-hydrogen) atoms. The van der Waals surface area contributed by atoms with Crippen LogP contribution in [0.1, 0.15) is 37.8 Å². The minimum atomic E-state index is 0. The van der Waals surface area contributed by atoms with Crippen LogP contribution >= 0.6 is 24.0 Å². The highest BCUT2D eigenvalue weighted by molar-refractivity contribution is 14.0. The minimum absolute atomic E-state index is 0. The SMILES string of the molecule is CCNC(=NCCCN1CCN(C)CC1c1ccccc1)NC1CC=CC1.I. The lowest BCUT2D eigenvalue weighted by molar-refractivity contribution is 0.0894. The van der Waals surface area contributed by atoms with Crippen molar-refractivity contribution in [3.63, 3.8) is 0 Å². The maximum atomic E-state index is 4.80. The number of hydrogen-bond donors (Lipinski definition) is 2. The number of benzene rings is 1. The highest BCUT2D eigenvalue weighted by atomic mass is 127. The fraction of sp³-hybridized carbons (Fsp3) is 0.591. The van der Waals surface area contributed by atoms with Crippen LogP contribution in [0.2, 0.25) is 0 Å². The van der Waals surface area contributed by atoms with E-state index in [1.54, 1.807) is 0 Å². The van der Waals surface area contributed by atoms with E-state index < -0.39 is 0 Å². The molecule has 6 heteroatoms. The molecule has 3 rings (SSSR count). The van der Waals surface area contributed by atoms with Crippen molar-refractivity contribution in [3.05, 3.63) is 48.0 Å². The number of aliphatic imine (C=N–C) groups is 1. The number of nitrogens with zero attached hydrogens (tertiary/aromatic N) is 3. The van der Waals surface area contributed by atoms with Gasteiger partial charge in [0.1, 0.15) is 0 Å². The maximum Gasteiger partial charge on any atom is 0.191 e. The lowest BCUT2D eigenvalue weighted by atomic mass is 10.0. The average molecular weight is 497 g/mol. The molecule has 156 valence electrons. The monoisotopic (exact) mass is 497 g/mol. The Kier molecular flexibility index (Phi) is 10.3. The summed E-state index contributed by atoms with van der Waals surface area (Å²) in [5.74, 6) is 0.962. The van der Waals surface area contributed by atoms with E-state index in [0.717, 1.165) is 64.5 Å². The van der Waals surface area contributed by atoms with Crippen LogP contribution in [0.3, 0.4) is 0 Å². The van der Waals surface area contributed by atoms with E-state index in [-0.39, 0.29) is 24.0 Å². The molecule has 1 heterocycles. The Morgan fingerprint density at radius 1 is 1.14 bits per heavy atom. The molecule has 1 aromatic carbocycles. The fourth-order valence-corrected chi connectivity index (χ4v) is 3.93. The van der Waals surface area contributed by atoms with Gasteiger partial charge in [-0.2, -0.15) is 0 Å². The summed E-state index contributed by atoms with van der Waals surface area (Å²) < 4.78 is 0. The molecule has 2 aliphatic rings. The Labute approximate surface area is 187 Å². The minimum Gasteiger partial charge on any atom is -0.357 e. The average Bonchev–Trinajstić information content (AvgIpc) is 3.20. The molecule has 2 N–H and O–H groups in total. The zero-order chi connectivity index (χ0) is 18.9. The molecular formula is C22H36IN5. The second-order valence-electron chi connectivity index (χ2n) is 7.62. The molecule has 1 aliphatic heterocycles. The lowest BCUT2D eigenvalue weighted by Gasteiger charge is -2.40. The van der Waals surface area contributed by atoms with Crippen LogP contribution < -0.4 is 10.6 Å². The zero-order valence-corrected chi connectivity index (χ0v) is 19.6. The summed E-state index contributed by atoms with van der Waals surface area (Å²) in [7, 11) is 2.23. The number of piperazine rings is 1. The second-order valence-corrected chi connectivity index (χ2v) is 7.62. The number of nitrogens with one attached hydrogen (secondary N) is 2. The Morgan fingerprint density at radius 3 is 2.61 bits per heavy atom. The highest BCUT2D eigenvalue weighted by Crippen LogP contribution is 2.24. The molecule has 1 unspecified atom stereocenters. The van der Waals surface area contributed by atoms with E-state index >= 15 is 0 Å². The van der Waals surface area contributed by atoms with Gasteiger partial charge in [-0.3, -0.25) is 9.89 Å². The Morgan fingerprint density at radius 2 is 1.89 bits per heavy atom. The molecular weight excluding hydrogens is 461 g/mol. The molecule has 0 saturated carbocycles. The van der Waals surface area contributed by atoms with Gasteiger partial charge in [-0.05, 0) is 38.8 Å². The Hall–Kier alpha value is -1.12. The lowest BCUT2D eigenvalue weighted by Crippen LogP contribution is -2.47. The van der Waals surface area contributed by atoms with Crippen molar-refractivity contribution in [2.45, 2.75) is 38.3 Å². The molecule has 1 fully saturated rings. The van der Waals surface area contributed by atoms with Crippen LogP contribution in [0.15, 0.2) is 47.5 Å². The summed E-state index contributed by atoms with van der Waals surface area (Å²) in [6, 6.07) is 11.9. The van der Waals surface area contributed by atoms with Gasteiger partial charge in [-0.25, -0.2) is 0 Å². The zero-order valence-electron chi connectivity index (χ0n) is 17.3. The topological polar surface area (TPSA) is 42.9 Å². The van der Waals surface area contributed by atoms with Gasteiger partial charge in [-0.15, -0.1) is 24.0 Å². The summed E-state index contributed by atoms with van der Waals surface area (Å²) in [5.41, 5.74) is 1.43. The van der Waals surface area contributed by atoms with Crippen molar-refractivity contribution in [2.75, 3.05) is 46.3 Å². The van der Waals surface area contributed by atoms with Crippen LogP contribution in [-0.4, -0.2) is 68.1 Å². The third-order valence-electron chi connectivity index (χ3n) is 5.44. The quantitative estimate of drug-likeness (QED) is 0.200. The standard InChI is InChI=1S/C22H35N5.HI/c1-3-23-22(25-20-12-7-8-13-20)24-14-9-15-27-17-16-26(2)18-21(27)19-10-5-4-6-11-19;/h4-8,10-11,20-21H,3,9,12-18H2,1-2H3,(H2,23,24,25);1H. The van der Waals surface area contributed by atoms with Gasteiger partial charge in [-0.1, -0.05) is 42.5 Å². The first-order valence-corrected chi connectivity index (χ1v) is 10.4. The van der Waals surface area contributed by atoms with E-state index in [4.69, 9.17) is 4.99 Å². The van der Waals surface area contributed by atoms with E-state index in [9.17, 15) is 0 Å². The van der Waals surface area contributed by atoms with Crippen molar-refractivity contribution < 1.29 is 0 Å². The molecule has 1 atom stereocenters. The van der Waals surface area contributed by atoms with Gasteiger partial charge in [0.05, 0.1) is 0 Å². The Bertz CT molecular complexity index is 611. The largest absolute Gasteiger partial charge is 0.357 e. The van der Waals surface area contributed by atoms with Crippen LogP contribution in [0.5, 0.6) is 0 Å². The number of halogens is 1. The van der Waals surface area contributed by atoms with Gasteiger partial charge in [0.2, 0.25) is 0 Å². The normalized spacial score (nSPS) is 21.5. The number of guanidine groups is 1. The number of hydrogen-bond acceptors (Lipinski definition) is 3. The van der Waals surface area contributed by atoms with E-state index in [2.05, 4.69) is 76.9 Å². The predicted octanol–water partition coefficient (Wildman–Crippen LogP) is 3.26. The Balaban J connectivity index is 0.00000280. The fourth-order valence-electron chi connectivity index (χ4n) is 3.93. The molecule has 0 amide bonds. The molecule has 0 bridgehead atoms. The highest BCUT2D eigenvalue weighted by Gasteiger charge is 2.25. The number of likely N-dealkylation sites (N-methyl/N-ethyl adjacent to an activating group) is 1. The van der Waals surface area contributed by atoms with Crippen molar-refractivity contribution >= 4 is 29.9 Å². The summed E-state index contributed by atoms with van der Waals surface area (Å²) in [6.45, 7) is 8.37.